The molecule has 0 spiro atoms. The van der Waals surface area contributed by atoms with Crippen molar-refractivity contribution in [2.24, 2.45) is 0 Å². The average molecular weight is 302 g/mol. The van der Waals surface area contributed by atoms with E-state index in [2.05, 4.69) is 4.72 Å². The quantitative estimate of drug-likeness (QED) is 0.637. The van der Waals surface area contributed by atoms with Crippen LogP contribution in [0.2, 0.25) is 0 Å². The number of anilines is 1. The summed E-state index contributed by atoms with van der Waals surface area (Å²) in [6, 6.07) is 3.13. The molecule has 7 nitrogen and oxygen atoms in total. The van der Waals surface area contributed by atoms with Gasteiger partial charge < -0.3 is 15.6 Å². The Bertz CT molecular complexity index is 586. The van der Waals surface area contributed by atoms with E-state index in [4.69, 9.17) is 15.6 Å². The first-order valence-electron chi connectivity index (χ1n) is 5.96. The molecular formula is C12H18N2O5S. The van der Waals surface area contributed by atoms with Crippen LogP contribution < -0.4 is 10.5 Å². The molecule has 0 bridgehead atoms. The summed E-state index contributed by atoms with van der Waals surface area (Å²) in [4.78, 5) is 10.6. The number of aromatic carboxylic acids is 1. The smallest absolute Gasteiger partial charge is 0.335 e. The Hall–Kier alpha value is -1.64. The number of nitrogens with one attached hydrogen (secondary N) is 1. The zero-order valence-electron chi connectivity index (χ0n) is 11.3. The van der Waals surface area contributed by atoms with Gasteiger partial charge in [-0.25, -0.2) is 17.9 Å². The second-order valence-corrected chi connectivity index (χ2v) is 5.92. The summed E-state index contributed by atoms with van der Waals surface area (Å²) in [6.45, 7) is 2.06. The number of rotatable bonds is 7. The van der Waals surface area contributed by atoms with Crippen LogP contribution in [0.3, 0.4) is 0 Å². The first-order chi connectivity index (χ1) is 9.31. The monoisotopic (exact) mass is 302 g/mol. The number of sulfonamides is 1. The van der Waals surface area contributed by atoms with E-state index in [0.29, 0.717) is 6.42 Å². The fraction of sp³-hybridized carbons (Fsp3) is 0.417. The fourth-order valence-corrected chi connectivity index (χ4v) is 3.06. The minimum Gasteiger partial charge on any atom is -0.478 e. The lowest BCUT2D eigenvalue weighted by Gasteiger charge is -2.17. The van der Waals surface area contributed by atoms with Crippen LogP contribution in [0.5, 0.6) is 0 Å². The van der Waals surface area contributed by atoms with Crippen molar-refractivity contribution in [1.29, 1.82) is 0 Å². The van der Waals surface area contributed by atoms with Gasteiger partial charge in [0.05, 0.1) is 17.9 Å². The van der Waals surface area contributed by atoms with Crippen LogP contribution in [0.4, 0.5) is 5.69 Å². The molecule has 0 saturated heterocycles. The van der Waals surface area contributed by atoms with Crippen molar-refractivity contribution < 1.29 is 23.1 Å². The predicted octanol–water partition coefficient (Wildman–Crippen LogP) is 0.670. The van der Waals surface area contributed by atoms with Crippen LogP contribution >= 0.6 is 0 Å². The minimum atomic E-state index is -3.81. The molecule has 0 fully saturated rings. The van der Waals surface area contributed by atoms with Crippen LogP contribution in [0.15, 0.2) is 23.1 Å². The summed E-state index contributed by atoms with van der Waals surface area (Å²) >= 11 is 0. The largest absolute Gasteiger partial charge is 0.478 e. The number of nitrogens with two attached hydrogens (primary N) is 1. The molecule has 0 aromatic heterocycles. The van der Waals surface area contributed by atoms with Crippen molar-refractivity contribution in [3.05, 3.63) is 23.8 Å². The minimum absolute atomic E-state index is 0.0645. The average Bonchev–Trinajstić information content (AvgIpc) is 2.37. The van der Waals surface area contributed by atoms with E-state index >= 15 is 0 Å². The van der Waals surface area contributed by atoms with Crippen LogP contribution in [-0.2, 0) is 14.8 Å². The maximum Gasteiger partial charge on any atom is 0.335 e. The Morgan fingerprint density at radius 1 is 1.50 bits per heavy atom. The maximum atomic E-state index is 12.2. The molecule has 1 rings (SSSR count). The second-order valence-electron chi connectivity index (χ2n) is 4.24. The van der Waals surface area contributed by atoms with Gasteiger partial charge in [-0.15, -0.1) is 0 Å². The number of benzene rings is 1. The third kappa shape index (κ3) is 3.92. The molecule has 112 valence electrons. The molecule has 1 unspecified atom stereocenters. The second kappa shape index (κ2) is 6.69. The molecule has 20 heavy (non-hydrogen) atoms. The molecule has 0 radical (unpaired) electrons. The molecule has 1 atom stereocenters. The van der Waals surface area contributed by atoms with Gasteiger partial charge >= 0.3 is 5.97 Å². The van der Waals surface area contributed by atoms with Crippen LogP contribution in [0, 0.1) is 0 Å². The van der Waals surface area contributed by atoms with Crippen molar-refractivity contribution in [3.63, 3.8) is 0 Å². The highest BCUT2D eigenvalue weighted by molar-refractivity contribution is 7.89. The SMILES string of the molecule is CCC(COC)NS(=O)(=O)c1ccc(C(=O)O)cc1N. The number of methoxy groups -OCH3 is 1. The summed E-state index contributed by atoms with van der Waals surface area (Å²) < 4.78 is 31.8. The van der Waals surface area contributed by atoms with Gasteiger partial charge in [0, 0.05) is 13.2 Å². The van der Waals surface area contributed by atoms with Crippen LogP contribution in [-0.4, -0.2) is 39.3 Å². The molecule has 0 saturated carbocycles. The molecule has 1 aromatic carbocycles. The highest BCUT2D eigenvalue weighted by Crippen LogP contribution is 2.20. The fourth-order valence-electron chi connectivity index (χ4n) is 1.65. The van der Waals surface area contributed by atoms with E-state index < -0.39 is 16.0 Å². The Morgan fingerprint density at radius 3 is 2.60 bits per heavy atom. The first kappa shape index (κ1) is 16.4. The van der Waals surface area contributed by atoms with Gasteiger partial charge in [-0.05, 0) is 24.6 Å². The summed E-state index contributed by atoms with van der Waals surface area (Å²) in [6.07, 6.45) is 0.556. The van der Waals surface area contributed by atoms with Crippen molar-refractivity contribution in [3.8, 4) is 0 Å². The van der Waals surface area contributed by atoms with Crippen molar-refractivity contribution >= 4 is 21.7 Å². The zero-order valence-corrected chi connectivity index (χ0v) is 12.1. The van der Waals surface area contributed by atoms with E-state index in [0.717, 1.165) is 6.07 Å². The third-order valence-corrected chi connectivity index (χ3v) is 4.32. The lowest BCUT2D eigenvalue weighted by Crippen LogP contribution is -2.37. The lowest BCUT2D eigenvalue weighted by molar-refractivity contribution is 0.0697. The number of ether oxygens (including phenoxy) is 1. The highest BCUT2D eigenvalue weighted by Gasteiger charge is 2.22. The molecule has 0 aliphatic carbocycles. The molecular weight excluding hydrogens is 284 g/mol. The molecule has 0 aliphatic rings. The van der Waals surface area contributed by atoms with E-state index in [9.17, 15) is 13.2 Å². The molecule has 1 aromatic rings. The standard InChI is InChI=1S/C12H18N2O5S/c1-3-9(7-19-2)14-20(17,18)11-5-4-8(12(15)16)6-10(11)13/h4-6,9,14H,3,7,13H2,1-2H3,(H,15,16). The van der Waals surface area contributed by atoms with Gasteiger partial charge in [0.1, 0.15) is 4.90 Å². The Morgan fingerprint density at radius 2 is 2.15 bits per heavy atom. The summed E-state index contributed by atoms with van der Waals surface area (Å²) in [7, 11) is -2.34. The van der Waals surface area contributed by atoms with Gasteiger partial charge in [0.25, 0.3) is 0 Å². The number of nitrogen functional groups attached to an aromatic ring is 1. The van der Waals surface area contributed by atoms with Crippen LogP contribution in [0.25, 0.3) is 0 Å². The van der Waals surface area contributed by atoms with Gasteiger partial charge in [0.2, 0.25) is 10.0 Å². The normalized spacial score (nSPS) is 13.1. The molecule has 4 N–H and O–H groups in total. The Kier molecular flexibility index (Phi) is 5.49. The lowest BCUT2D eigenvalue weighted by atomic mass is 10.2. The van der Waals surface area contributed by atoms with Crippen LogP contribution in [0.1, 0.15) is 23.7 Å². The summed E-state index contributed by atoms with van der Waals surface area (Å²) in [5.41, 5.74) is 5.45. The van der Waals surface area contributed by atoms with E-state index in [-0.39, 0.29) is 28.8 Å². The third-order valence-electron chi connectivity index (χ3n) is 2.73. The maximum absolute atomic E-state index is 12.2. The molecule has 0 amide bonds. The van der Waals surface area contributed by atoms with Crippen molar-refractivity contribution in [1.82, 2.24) is 4.72 Å². The predicted molar refractivity (Wildman–Crippen MR) is 74.1 cm³/mol. The van der Waals surface area contributed by atoms with Gasteiger partial charge in [-0.3, -0.25) is 0 Å². The van der Waals surface area contributed by atoms with E-state index in [1.165, 1.54) is 19.2 Å². The number of hydrogen-bond acceptors (Lipinski definition) is 5. The molecule has 8 heteroatoms. The Balaban J connectivity index is 3.06. The summed E-state index contributed by atoms with van der Waals surface area (Å²) in [5, 5.41) is 8.82. The number of carbonyl (C=O) groups is 1. The molecule has 0 heterocycles. The summed E-state index contributed by atoms with van der Waals surface area (Å²) in [5.74, 6) is -1.17. The highest BCUT2D eigenvalue weighted by atomic mass is 32.2. The molecule has 0 aliphatic heterocycles. The first-order valence-corrected chi connectivity index (χ1v) is 7.44. The van der Waals surface area contributed by atoms with Crippen molar-refractivity contribution in [2.75, 3.05) is 19.5 Å². The van der Waals surface area contributed by atoms with E-state index in [1.807, 2.05) is 6.92 Å². The number of carboxylic acids is 1. The van der Waals surface area contributed by atoms with Gasteiger partial charge in [0.15, 0.2) is 0 Å². The number of hydrogen-bond donors (Lipinski definition) is 3. The van der Waals surface area contributed by atoms with Gasteiger partial charge in [-0.2, -0.15) is 0 Å². The van der Waals surface area contributed by atoms with Gasteiger partial charge in [-0.1, -0.05) is 6.92 Å². The number of carboxylic acid groups (broad SMARTS) is 1. The topological polar surface area (TPSA) is 119 Å². The van der Waals surface area contributed by atoms with Crippen molar-refractivity contribution in [2.45, 2.75) is 24.3 Å². The zero-order chi connectivity index (χ0) is 15.3. The van der Waals surface area contributed by atoms with E-state index in [1.54, 1.807) is 0 Å². The Labute approximate surface area is 117 Å².